The van der Waals surface area contributed by atoms with Gasteiger partial charge in [-0.25, -0.2) is 0 Å². The second-order valence-electron chi connectivity index (χ2n) is 5.44. The summed E-state index contributed by atoms with van der Waals surface area (Å²) >= 11 is 3.68. The van der Waals surface area contributed by atoms with Gasteiger partial charge in [0.15, 0.2) is 0 Å². The number of nitrogens with zero attached hydrogens (tertiary/aromatic N) is 1. The van der Waals surface area contributed by atoms with E-state index in [2.05, 4.69) is 51.3 Å². The minimum Gasteiger partial charge on any atom is -0.394 e. The maximum absolute atomic E-state index is 9.62. The van der Waals surface area contributed by atoms with Crippen molar-refractivity contribution in [2.24, 2.45) is 0 Å². The van der Waals surface area contributed by atoms with E-state index in [4.69, 9.17) is 0 Å². The lowest BCUT2D eigenvalue weighted by atomic mass is 10.1. The van der Waals surface area contributed by atoms with Crippen molar-refractivity contribution in [2.75, 3.05) is 24.6 Å². The number of benzene rings is 1. The van der Waals surface area contributed by atoms with E-state index in [0.717, 1.165) is 30.5 Å². The monoisotopic (exact) mass is 340 g/mol. The van der Waals surface area contributed by atoms with Crippen molar-refractivity contribution in [1.29, 1.82) is 0 Å². The highest BCUT2D eigenvalue weighted by molar-refractivity contribution is 9.10. The number of anilines is 1. The average Bonchev–Trinajstić information content (AvgIpc) is 2.71. The van der Waals surface area contributed by atoms with Crippen LogP contribution in [0, 0.1) is 0 Å². The summed E-state index contributed by atoms with van der Waals surface area (Å²) in [6, 6.07) is 6.83. The first-order valence-electron chi connectivity index (χ1n) is 7.63. The Labute approximate surface area is 130 Å². The molecule has 1 fully saturated rings. The smallest absolute Gasteiger partial charge is 0.0635 e. The molecule has 0 spiro atoms. The zero-order chi connectivity index (χ0) is 14.4. The molecule has 1 heterocycles. The van der Waals surface area contributed by atoms with E-state index in [9.17, 15) is 5.11 Å². The fraction of sp³-hybridized carbons (Fsp3) is 0.625. The molecule has 1 aliphatic heterocycles. The van der Waals surface area contributed by atoms with Crippen LogP contribution < -0.4 is 10.2 Å². The minimum atomic E-state index is 0.247. The molecule has 1 aliphatic rings. The van der Waals surface area contributed by atoms with Crippen LogP contribution in [0.4, 0.5) is 5.69 Å². The van der Waals surface area contributed by atoms with Crippen molar-refractivity contribution in [3.8, 4) is 0 Å². The van der Waals surface area contributed by atoms with Gasteiger partial charge in [0.05, 0.1) is 12.6 Å². The van der Waals surface area contributed by atoms with E-state index in [-0.39, 0.29) is 12.6 Å². The SMILES string of the molecule is CCNCc1ccc(N2CCCCCC2CO)cc1Br. The summed E-state index contributed by atoms with van der Waals surface area (Å²) in [6.45, 7) is 5.28. The number of hydrogen-bond acceptors (Lipinski definition) is 3. The highest BCUT2D eigenvalue weighted by Gasteiger charge is 2.21. The van der Waals surface area contributed by atoms with Crippen molar-refractivity contribution in [2.45, 2.75) is 45.2 Å². The number of hydrogen-bond donors (Lipinski definition) is 2. The van der Waals surface area contributed by atoms with E-state index < -0.39 is 0 Å². The summed E-state index contributed by atoms with van der Waals surface area (Å²) < 4.78 is 1.15. The molecular formula is C16H25BrN2O. The molecule has 0 aliphatic carbocycles. The summed E-state index contributed by atoms with van der Waals surface area (Å²) in [5, 5.41) is 13.0. The molecule has 20 heavy (non-hydrogen) atoms. The highest BCUT2D eigenvalue weighted by Crippen LogP contribution is 2.28. The molecule has 0 bridgehead atoms. The van der Waals surface area contributed by atoms with E-state index in [1.54, 1.807) is 0 Å². The largest absolute Gasteiger partial charge is 0.394 e. The Hall–Kier alpha value is -0.580. The maximum Gasteiger partial charge on any atom is 0.0635 e. The minimum absolute atomic E-state index is 0.247. The molecule has 0 radical (unpaired) electrons. The van der Waals surface area contributed by atoms with Gasteiger partial charge in [0.1, 0.15) is 0 Å². The van der Waals surface area contributed by atoms with Crippen LogP contribution in [0.25, 0.3) is 0 Å². The quantitative estimate of drug-likeness (QED) is 0.863. The molecule has 1 unspecified atom stereocenters. The van der Waals surface area contributed by atoms with Crippen LogP contribution in [0.1, 0.15) is 38.2 Å². The fourth-order valence-corrected chi connectivity index (χ4v) is 3.33. The Bertz CT molecular complexity index is 425. The van der Waals surface area contributed by atoms with Crippen LogP contribution in [0.15, 0.2) is 22.7 Å². The van der Waals surface area contributed by atoms with Crippen molar-refractivity contribution in [1.82, 2.24) is 5.32 Å². The zero-order valence-corrected chi connectivity index (χ0v) is 13.8. The van der Waals surface area contributed by atoms with Gasteiger partial charge >= 0.3 is 0 Å². The van der Waals surface area contributed by atoms with Crippen molar-refractivity contribution < 1.29 is 5.11 Å². The molecule has 4 heteroatoms. The second kappa shape index (κ2) is 8.01. The van der Waals surface area contributed by atoms with Gasteiger partial charge in [0.2, 0.25) is 0 Å². The van der Waals surface area contributed by atoms with E-state index in [0.29, 0.717) is 0 Å². The molecule has 112 valence electrons. The van der Waals surface area contributed by atoms with E-state index in [1.165, 1.54) is 30.5 Å². The van der Waals surface area contributed by atoms with Gasteiger partial charge in [-0.3, -0.25) is 0 Å². The molecule has 2 rings (SSSR count). The molecule has 1 atom stereocenters. The molecule has 1 aromatic carbocycles. The van der Waals surface area contributed by atoms with Gasteiger partial charge in [0, 0.05) is 23.2 Å². The standard InChI is InChI=1S/C16H25BrN2O/c1-2-18-11-13-7-8-14(10-16(13)17)19-9-5-3-4-6-15(19)12-20/h7-8,10,15,18,20H,2-6,9,11-12H2,1H3. The van der Waals surface area contributed by atoms with Crippen LogP contribution in [0.5, 0.6) is 0 Å². The molecule has 1 aromatic rings. The first-order chi connectivity index (χ1) is 9.76. The molecule has 0 aromatic heterocycles. The van der Waals surface area contributed by atoms with E-state index in [1.807, 2.05) is 0 Å². The summed E-state index contributed by atoms with van der Waals surface area (Å²) in [6.07, 6.45) is 4.80. The number of nitrogens with one attached hydrogen (secondary N) is 1. The molecular weight excluding hydrogens is 316 g/mol. The Morgan fingerprint density at radius 3 is 2.90 bits per heavy atom. The third-order valence-corrected chi connectivity index (χ3v) is 4.76. The van der Waals surface area contributed by atoms with Gasteiger partial charge in [-0.05, 0) is 37.1 Å². The number of rotatable bonds is 5. The van der Waals surface area contributed by atoms with Crippen LogP contribution in [-0.4, -0.2) is 30.8 Å². The lowest BCUT2D eigenvalue weighted by molar-refractivity contribution is 0.255. The van der Waals surface area contributed by atoms with E-state index >= 15 is 0 Å². The summed E-state index contributed by atoms with van der Waals surface area (Å²) in [4.78, 5) is 2.37. The number of aliphatic hydroxyl groups is 1. The first kappa shape index (κ1) is 15.8. The molecule has 0 amide bonds. The van der Waals surface area contributed by atoms with Gasteiger partial charge in [-0.2, -0.15) is 0 Å². The lowest BCUT2D eigenvalue weighted by Crippen LogP contribution is -2.37. The van der Waals surface area contributed by atoms with Gasteiger partial charge < -0.3 is 15.3 Å². The average molecular weight is 341 g/mol. The third-order valence-electron chi connectivity index (χ3n) is 4.02. The van der Waals surface area contributed by atoms with Gasteiger partial charge in [-0.15, -0.1) is 0 Å². The Morgan fingerprint density at radius 2 is 2.20 bits per heavy atom. The molecule has 1 saturated heterocycles. The van der Waals surface area contributed by atoms with Crippen molar-refractivity contribution in [3.05, 3.63) is 28.2 Å². The molecule has 0 saturated carbocycles. The fourth-order valence-electron chi connectivity index (χ4n) is 2.82. The van der Waals surface area contributed by atoms with Gasteiger partial charge in [-0.1, -0.05) is 41.8 Å². The summed E-state index contributed by atoms with van der Waals surface area (Å²) in [7, 11) is 0. The first-order valence-corrected chi connectivity index (χ1v) is 8.42. The Kier molecular flexibility index (Phi) is 6.33. The highest BCUT2D eigenvalue weighted by atomic mass is 79.9. The second-order valence-corrected chi connectivity index (χ2v) is 6.29. The lowest BCUT2D eigenvalue weighted by Gasteiger charge is -2.31. The molecule has 3 nitrogen and oxygen atoms in total. The summed E-state index contributed by atoms with van der Waals surface area (Å²) in [5.74, 6) is 0. The van der Waals surface area contributed by atoms with Crippen LogP contribution >= 0.6 is 15.9 Å². The van der Waals surface area contributed by atoms with Crippen molar-refractivity contribution in [3.63, 3.8) is 0 Å². The topological polar surface area (TPSA) is 35.5 Å². The number of aliphatic hydroxyl groups excluding tert-OH is 1. The number of halogens is 1. The predicted octanol–water partition coefficient (Wildman–Crippen LogP) is 3.30. The maximum atomic E-state index is 9.62. The van der Waals surface area contributed by atoms with Crippen molar-refractivity contribution >= 4 is 21.6 Å². The zero-order valence-electron chi connectivity index (χ0n) is 12.2. The van der Waals surface area contributed by atoms with Gasteiger partial charge in [0.25, 0.3) is 0 Å². The van der Waals surface area contributed by atoms with Crippen LogP contribution in [0.2, 0.25) is 0 Å². The Balaban J connectivity index is 2.16. The summed E-state index contributed by atoms with van der Waals surface area (Å²) in [5.41, 5.74) is 2.50. The molecule has 2 N–H and O–H groups in total. The Morgan fingerprint density at radius 1 is 1.35 bits per heavy atom. The van der Waals surface area contributed by atoms with Crippen LogP contribution in [-0.2, 0) is 6.54 Å². The third kappa shape index (κ3) is 3.96. The van der Waals surface area contributed by atoms with Crippen LogP contribution in [0.3, 0.4) is 0 Å². The normalized spacial score (nSPS) is 19.9. The predicted molar refractivity (Wildman–Crippen MR) is 88.2 cm³/mol.